The van der Waals surface area contributed by atoms with Crippen LogP contribution in [0.25, 0.3) is 0 Å². The fraction of sp³-hybridized carbons (Fsp3) is 0.800. The number of fused-ring (bicyclic) bond motifs is 10. The van der Waals surface area contributed by atoms with Crippen molar-refractivity contribution >= 4 is 17.2 Å². The van der Waals surface area contributed by atoms with Gasteiger partial charge in [-0.05, 0) is 0 Å². The van der Waals surface area contributed by atoms with Crippen molar-refractivity contribution in [3.63, 3.8) is 0 Å². The van der Waals surface area contributed by atoms with E-state index in [9.17, 15) is 0 Å². The second-order valence-electron chi connectivity index (χ2n) is 23.4. The summed E-state index contributed by atoms with van der Waals surface area (Å²) in [5.41, 5.74) is 4.80. The minimum atomic E-state index is -3.98. The van der Waals surface area contributed by atoms with Crippen molar-refractivity contribution in [3.8, 4) is 0 Å². The van der Waals surface area contributed by atoms with E-state index in [0.29, 0.717) is 4.31 Å². The zero-order chi connectivity index (χ0) is 29.8. The van der Waals surface area contributed by atoms with Gasteiger partial charge in [0, 0.05) is 0 Å². The van der Waals surface area contributed by atoms with Crippen LogP contribution < -0.4 is 0 Å². The molecule has 8 saturated carbocycles. The Kier molecular flexibility index (Phi) is 2.14. The molecule has 8 aliphatic carbocycles. The van der Waals surface area contributed by atoms with Crippen LogP contribution in [-0.4, -0.2) is 37.4 Å². The second-order valence-corrected chi connectivity index (χ2v) is 50.1. The van der Waals surface area contributed by atoms with Gasteiger partial charge in [0.2, 0.25) is 0 Å². The van der Waals surface area contributed by atoms with Crippen LogP contribution in [0.3, 0.4) is 0 Å². The summed E-state index contributed by atoms with van der Waals surface area (Å²) in [5, 5.41) is -0.158. The van der Waals surface area contributed by atoms with Crippen LogP contribution in [0.4, 0.5) is 0 Å². The first kappa shape index (κ1) is 23.9. The van der Waals surface area contributed by atoms with Crippen molar-refractivity contribution in [2.45, 2.75) is 128 Å². The minimum absolute atomic E-state index is 0.0703. The van der Waals surface area contributed by atoms with Crippen LogP contribution in [0.15, 0.2) is 37.2 Å². The summed E-state index contributed by atoms with van der Waals surface area (Å²) < 4.78 is 1.33. The number of nitrogens with zero attached hydrogens (tertiary/aromatic N) is 4. The van der Waals surface area contributed by atoms with Crippen molar-refractivity contribution in [3.05, 3.63) is 48.6 Å². The van der Waals surface area contributed by atoms with Gasteiger partial charge in [0.25, 0.3) is 0 Å². The molecule has 12 heterocycles. The molecular weight excluding hydrogens is 654 g/mol. The van der Waals surface area contributed by atoms with Gasteiger partial charge in [0.1, 0.15) is 0 Å². The van der Waals surface area contributed by atoms with Gasteiger partial charge in [0.15, 0.2) is 0 Å². The molecule has 4 nitrogen and oxygen atoms in total. The first-order valence-electron chi connectivity index (χ1n) is 20.1. The first-order valence-corrected chi connectivity index (χ1v) is 28.6. The predicted octanol–water partition coefficient (Wildman–Crippen LogP) is 9.65. The van der Waals surface area contributed by atoms with E-state index in [1.165, 1.54) is 45.1 Å². The Morgan fingerprint density at radius 1 is 0.617 bits per heavy atom. The monoisotopic (exact) mass is 702 g/mol. The molecule has 0 radical (unpaired) electrons. The summed E-state index contributed by atoms with van der Waals surface area (Å²) in [6.07, 6.45) is 30.3. The summed E-state index contributed by atoms with van der Waals surface area (Å²) in [6, 6.07) is 0. The van der Waals surface area contributed by atoms with Crippen LogP contribution in [0.5, 0.6) is 0 Å². The molecule has 6 atom stereocenters. The van der Waals surface area contributed by atoms with E-state index in [-0.39, 0.29) is 13.1 Å². The van der Waals surface area contributed by atoms with Crippen molar-refractivity contribution in [2.75, 3.05) is 6.16 Å². The quantitative estimate of drug-likeness (QED) is 0.213. The summed E-state index contributed by atoms with van der Waals surface area (Å²) in [7, 11) is 3.74. The molecule has 6 unspecified atom stereocenters. The van der Waals surface area contributed by atoms with E-state index in [2.05, 4.69) is 21.6 Å². The average Bonchev–Trinajstić information content (AvgIpc) is 4.03. The van der Waals surface area contributed by atoms with Crippen LogP contribution in [0.2, 0.25) is 47.2 Å². The van der Waals surface area contributed by atoms with E-state index in [1.807, 2.05) is 24.8 Å². The van der Waals surface area contributed by atoms with Gasteiger partial charge in [-0.1, -0.05) is 0 Å². The Balaban J connectivity index is 0.902. The number of hydrogen-bond acceptors (Lipinski definition) is 4. The van der Waals surface area contributed by atoms with Gasteiger partial charge in [-0.3, -0.25) is 0 Å². The molecule has 47 heavy (non-hydrogen) atoms. The van der Waals surface area contributed by atoms with Gasteiger partial charge in [-0.2, -0.15) is 0 Å². The Bertz CT molecular complexity index is 2160. The van der Waals surface area contributed by atoms with E-state index in [0.717, 1.165) is 67.8 Å². The molecule has 2 aromatic rings. The fourth-order valence-corrected chi connectivity index (χ4v) is 118. The van der Waals surface area contributed by atoms with E-state index in [1.54, 1.807) is 70.4 Å². The zero-order valence-corrected chi connectivity index (χ0v) is 30.5. The Hall–Kier alpha value is -0.461. The molecule has 18 aliphatic rings. The molecule has 0 aromatic carbocycles. The molecule has 246 valence electrons. The molecule has 20 rings (SSSR count). The standard InChI is InChI=1S/C35H43N4P2.C5H5.Fe/c40-35(31-18-36-4-6-38-31,32-19-37-5-7-39-32)30-3-1-2-25(30)20-41(33-26-10-21-8-22(12-26)13-27(33)11-21)34-28-14-23-9-24(16-28)17-29(34)15-23;1-2-4-5-3-1;/h1-7,18-19,21-24,26-29,33-34H,8-17,20,40H2;1-5H;. The zero-order valence-electron chi connectivity index (χ0n) is 27.3. The maximum absolute atomic E-state index is 5.30. The van der Waals surface area contributed by atoms with Crippen molar-refractivity contribution in [2.24, 2.45) is 47.3 Å². The average molecular weight is 703 g/mol. The predicted molar refractivity (Wildman–Crippen MR) is 183 cm³/mol. The van der Waals surface area contributed by atoms with E-state index < -0.39 is 6.51 Å². The van der Waals surface area contributed by atoms with Gasteiger partial charge in [0.05, 0.1) is 0 Å². The Morgan fingerprint density at radius 3 is 1.43 bits per heavy atom. The normalized spacial score (nSPS) is 76.6. The topological polar surface area (TPSA) is 51.6 Å². The summed E-state index contributed by atoms with van der Waals surface area (Å²) in [4.78, 5) is 30.4. The third kappa shape index (κ3) is 0.781. The number of rotatable bonds is 7. The molecule has 0 N–H and O–H groups in total. The molecule has 7 heteroatoms. The molecule has 10 aliphatic heterocycles. The molecule has 0 amide bonds. The molecule has 8 bridgehead atoms. The summed E-state index contributed by atoms with van der Waals surface area (Å²) >= 11 is 0. The van der Waals surface area contributed by atoms with Crippen molar-refractivity contribution < 1.29 is 6.51 Å². The summed E-state index contributed by atoms with van der Waals surface area (Å²) in [5.74, 6) is 8.87. The van der Waals surface area contributed by atoms with Crippen LogP contribution in [0.1, 0.15) is 75.6 Å². The van der Waals surface area contributed by atoms with Gasteiger partial charge in [-0.15, -0.1) is 0 Å². The maximum atomic E-state index is 5.30. The number of aromatic nitrogens is 4. The van der Waals surface area contributed by atoms with Gasteiger partial charge in [-0.25, -0.2) is 0 Å². The Labute approximate surface area is 272 Å². The molecule has 2 aromatic heterocycles. The third-order valence-corrected chi connectivity index (χ3v) is 76.4. The summed E-state index contributed by atoms with van der Waals surface area (Å²) in [6.45, 7) is -3.98. The second kappa shape index (κ2) is 4.21. The molecule has 10 saturated heterocycles. The van der Waals surface area contributed by atoms with Crippen molar-refractivity contribution in [1.82, 2.24) is 19.9 Å². The fourth-order valence-electron chi connectivity index (χ4n) is 29.7. The van der Waals surface area contributed by atoms with E-state index >= 15 is 0 Å². The van der Waals surface area contributed by atoms with Crippen molar-refractivity contribution in [1.29, 1.82) is 0 Å². The van der Waals surface area contributed by atoms with Gasteiger partial charge < -0.3 is 0 Å². The van der Waals surface area contributed by atoms with Crippen LogP contribution >= 0.6 is 17.2 Å². The van der Waals surface area contributed by atoms with Crippen LogP contribution in [-0.2, 0) is 11.7 Å². The van der Waals surface area contributed by atoms with Crippen LogP contribution in [0, 0.1) is 47.3 Å². The molecular formula is C40H48FeN4P2. The number of hydrogen-bond donors (Lipinski definition) is 0. The first-order chi connectivity index (χ1) is 22.8. The van der Waals surface area contributed by atoms with E-state index in [4.69, 9.17) is 19.9 Å². The third-order valence-electron chi connectivity index (χ3n) is 27.2. The van der Waals surface area contributed by atoms with Gasteiger partial charge >= 0.3 is 274 Å². The molecule has 18 fully saturated rings. The molecule has 1 spiro atoms. The Morgan fingerprint density at radius 2 is 1.06 bits per heavy atom. The SMILES string of the molecule is PC(c1cnccn1)(c1cnccn1)[C]12[CH]3[CH]4[CH]5[C]1(CP(C1C6CC7CC(C6)CC1C7)C1C6CC7CC(C6)CC1C7)[Fe]45321678[CH]2[CH]1[CH]6[CH]7[CH]28.